The molecule has 0 amide bonds. The molecule has 2 saturated heterocycles. The van der Waals surface area contributed by atoms with Crippen LogP contribution in [0.25, 0.3) is 0 Å². The molecule has 1 N–H and O–H groups in total. The van der Waals surface area contributed by atoms with Gasteiger partial charge in [0.05, 0.1) is 19.8 Å². The van der Waals surface area contributed by atoms with E-state index in [0.29, 0.717) is 6.04 Å². The first-order chi connectivity index (χ1) is 10.3. The van der Waals surface area contributed by atoms with Gasteiger partial charge in [-0.3, -0.25) is 0 Å². The van der Waals surface area contributed by atoms with Crippen LogP contribution < -0.4 is 5.32 Å². The molecule has 3 rings (SSSR count). The third-order valence-electron chi connectivity index (χ3n) is 5.24. The van der Waals surface area contributed by atoms with Crippen molar-refractivity contribution in [3.05, 3.63) is 0 Å². The SMILES string of the molecule is COCCN1CCC(CNC2CCC3(CC2)OCCO3)C1. The summed E-state index contributed by atoms with van der Waals surface area (Å²) >= 11 is 0. The molecule has 0 aromatic heterocycles. The van der Waals surface area contributed by atoms with Crippen molar-refractivity contribution < 1.29 is 14.2 Å². The van der Waals surface area contributed by atoms with E-state index in [0.717, 1.165) is 51.7 Å². The zero-order valence-corrected chi connectivity index (χ0v) is 13.3. The molecule has 1 aliphatic carbocycles. The Labute approximate surface area is 128 Å². The van der Waals surface area contributed by atoms with E-state index in [9.17, 15) is 0 Å². The van der Waals surface area contributed by atoms with E-state index in [1.165, 1.54) is 32.4 Å². The molecule has 2 heterocycles. The summed E-state index contributed by atoms with van der Waals surface area (Å²) in [5, 5.41) is 3.78. The Morgan fingerprint density at radius 3 is 2.67 bits per heavy atom. The van der Waals surface area contributed by atoms with Gasteiger partial charge < -0.3 is 24.4 Å². The zero-order valence-electron chi connectivity index (χ0n) is 13.3. The van der Waals surface area contributed by atoms with Crippen molar-refractivity contribution in [3.8, 4) is 0 Å². The quantitative estimate of drug-likeness (QED) is 0.799. The molecule has 1 atom stereocenters. The molecule has 2 aliphatic heterocycles. The normalized spacial score (nSPS) is 30.4. The molecular formula is C16H30N2O3. The molecule has 1 unspecified atom stereocenters. The molecule has 3 fully saturated rings. The van der Waals surface area contributed by atoms with Gasteiger partial charge in [0.25, 0.3) is 0 Å². The maximum absolute atomic E-state index is 5.79. The lowest BCUT2D eigenvalue weighted by Crippen LogP contribution is -2.43. The van der Waals surface area contributed by atoms with E-state index in [4.69, 9.17) is 14.2 Å². The highest BCUT2D eigenvalue weighted by Crippen LogP contribution is 2.35. The largest absolute Gasteiger partial charge is 0.383 e. The van der Waals surface area contributed by atoms with E-state index >= 15 is 0 Å². The van der Waals surface area contributed by atoms with Gasteiger partial charge in [-0.15, -0.1) is 0 Å². The fraction of sp³-hybridized carbons (Fsp3) is 1.00. The predicted molar refractivity (Wildman–Crippen MR) is 81.3 cm³/mol. The van der Waals surface area contributed by atoms with Crippen molar-refractivity contribution in [2.75, 3.05) is 53.1 Å². The number of likely N-dealkylation sites (tertiary alicyclic amines) is 1. The Bertz CT molecular complexity index is 311. The maximum Gasteiger partial charge on any atom is 0.168 e. The second kappa shape index (κ2) is 7.38. The number of nitrogens with zero attached hydrogens (tertiary/aromatic N) is 1. The van der Waals surface area contributed by atoms with Gasteiger partial charge in [0.15, 0.2) is 5.79 Å². The van der Waals surface area contributed by atoms with E-state index in [1.807, 2.05) is 0 Å². The van der Waals surface area contributed by atoms with Crippen LogP contribution in [-0.2, 0) is 14.2 Å². The lowest BCUT2D eigenvalue weighted by atomic mass is 9.89. The minimum atomic E-state index is -0.220. The van der Waals surface area contributed by atoms with E-state index in [1.54, 1.807) is 7.11 Å². The van der Waals surface area contributed by atoms with Gasteiger partial charge in [-0.05, 0) is 38.3 Å². The second-order valence-corrected chi connectivity index (χ2v) is 6.74. The van der Waals surface area contributed by atoms with Crippen LogP contribution in [0, 0.1) is 5.92 Å². The fourth-order valence-electron chi connectivity index (χ4n) is 3.88. The molecular weight excluding hydrogens is 268 g/mol. The van der Waals surface area contributed by atoms with Crippen molar-refractivity contribution in [2.45, 2.75) is 43.9 Å². The van der Waals surface area contributed by atoms with Crippen LogP contribution in [0.5, 0.6) is 0 Å². The van der Waals surface area contributed by atoms with Gasteiger partial charge in [0, 0.05) is 39.1 Å². The van der Waals surface area contributed by atoms with Crippen LogP contribution in [0.1, 0.15) is 32.1 Å². The molecule has 0 aromatic carbocycles. The number of nitrogens with one attached hydrogen (secondary N) is 1. The number of hydrogen-bond donors (Lipinski definition) is 1. The molecule has 0 radical (unpaired) electrons. The molecule has 1 saturated carbocycles. The topological polar surface area (TPSA) is 43.0 Å². The summed E-state index contributed by atoms with van der Waals surface area (Å²) in [6, 6.07) is 0.649. The van der Waals surface area contributed by atoms with Gasteiger partial charge in [-0.1, -0.05) is 0 Å². The lowest BCUT2D eigenvalue weighted by molar-refractivity contribution is -0.179. The summed E-state index contributed by atoms with van der Waals surface area (Å²) in [6.07, 6.45) is 5.78. The summed E-state index contributed by atoms with van der Waals surface area (Å²) < 4.78 is 16.7. The molecule has 21 heavy (non-hydrogen) atoms. The smallest absolute Gasteiger partial charge is 0.168 e. The van der Waals surface area contributed by atoms with Crippen molar-refractivity contribution in [1.82, 2.24) is 10.2 Å². The number of hydrogen-bond acceptors (Lipinski definition) is 5. The second-order valence-electron chi connectivity index (χ2n) is 6.74. The standard InChI is InChI=1S/C16H30N2O3/c1-19-9-8-18-7-4-14(13-18)12-17-15-2-5-16(6-3-15)20-10-11-21-16/h14-15,17H,2-13H2,1H3. The van der Waals surface area contributed by atoms with Gasteiger partial charge in [-0.2, -0.15) is 0 Å². The van der Waals surface area contributed by atoms with Crippen LogP contribution in [0.4, 0.5) is 0 Å². The first-order valence-corrected chi connectivity index (χ1v) is 8.52. The van der Waals surface area contributed by atoms with Gasteiger partial charge in [-0.25, -0.2) is 0 Å². The Morgan fingerprint density at radius 1 is 1.19 bits per heavy atom. The first kappa shape index (κ1) is 15.7. The highest BCUT2D eigenvalue weighted by Gasteiger charge is 2.40. The Balaban J connectivity index is 1.32. The number of ether oxygens (including phenoxy) is 3. The van der Waals surface area contributed by atoms with Crippen LogP contribution in [0.15, 0.2) is 0 Å². The summed E-state index contributed by atoms with van der Waals surface area (Å²) in [5.74, 6) is 0.583. The van der Waals surface area contributed by atoms with Gasteiger partial charge in [0.1, 0.15) is 0 Å². The zero-order chi connectivity index (χ0) is 14.5. The van der Waals surface area contributed by atoms with Crippen LogP contribution >= 0.6 is 0 Å². The lowest BCUT2D eigenvalue weighted by Gasteiger charge is -2.36. The van der Waals surface area contributed by atoms with Crippen molar-refractivity contribution in [2.24, 2.45) is 5.92 Å². The van der Waals surface area contributed by atoms with E-state index < -0.39 is 0 Å². The van der Waals surface area contributed by atoms with Gasteiger partial charge >= 0.3 is 0 Å². The highest BCUT2D eigenvalue weighted by atomic mass is 16.7. The highest BCUT2D eigenvalue weighted by molar-refractivity contribution is 4.86. The molecule has 3 aliphatic rings. The number of methoxy groups -OCH3 is 1. The number of rotatable bonds is 6. The monoisotopic (exact) mass is 298 g/mol. The minimum absolute atomic E-state index is 0.220. The first-order valence-electron chi connectivity index (χ1n) is 8.52. The molecule has 0 aromatic rings. The summed E-state index contributed by atoms with van der Waals surface area (Å²) in [5.41, 5.74) is 0. The van der Waals surface area contributed by atoms with Crippen LogP contribution in [0.3, 0.4) is 0 Å². The summed E-state index contributed by atoms with van der Waals surface area (Å²) in [4.78, 5) is 2.52. The Kier molecular flexibility index (Phi) is 5.51. The molecule has 122 valence electrons. The third-order valence-corrected chi connectivity index (χ3v) is 5.24. The predicted octanol–water partition coefficient (Wildman–Crippen LogP) is 1.23. The molecule has 0 bridgehead atoms. The van der Waals surface area contributed by atoms with Crippen molar-refractivity contribution in [3.63, 3.8) is 0 Å². The average Bonchev–Trinajstić information content (AvgIpc) is 3.15. The van der Waals surface area contributed by atoms with E-state index in [2.05, 4.69) is 10.2 Å². The van der Waals surface area contributed by atoms with Crippen LogP contribution in [-0.4, -0.2) is 69.8 Å². The van der Waals surface area contributed by atoms with E-state index in [-0.39, 0.29) is 5.79 Å². The third kappa shape index (κ3) is 4.17. The molecule has 5 heteroatoms. The molecule has 1 spiro atoms. The average molecular weight is 298 g/mol. The summed E-state index contributed by atoms with van der Waals surface area (Å²) in [7, 11) is 1.78. The minimum Gasteiger partial charge on any atom is -0.383 e. The fourth-order valence-corrected chi connectivity index (χ4v) is 3.88. The van der Waals surface area contributed by atoms with Crippen molar-refractivity contribution >= 4 is 0 Å². The Hall–Kier alpha value is -0.200. The van der Waals surface area contributed by atoms with Crippen LogP contribution in [0.2, 0.25) is 0 Å². The van der Waals surface area contributed by atoms with Gasteiger partial charge in [0.2, 0.25) is 0 Å². The molecule has 5 nitrogen and oxygen atoms in total. The maximum atomic E-state index is 5.79. The Morgan fingerprint density at radius 2 is 1.95 bits per heavy atom. The van der Waals surface area contributed by atoms with Crippen molar-refractivity contribution in [1.29, 1.82) is 0 Å². The summed E-state index contributed by atoms with van der Waals surface area (Å²) in [6.45, 7) is 7.08.